The van der Waals surface area contributed by atoms with Gasteiger partial charge in [0.25, 0.3) is 0 Å². The van der Waals surface area contributed by atoms with Crippen LogP contribution in [0.5, 0.6) is 0 Å². The normalized spacial score (nSPS) is 27.5. The van der Waals surface area contributed by atoms with Gasteiger partial charge in [0.15, 0.2) is 0 Å². The maximum absolute atomic E-state index is 2.62. The minimum atomic E-state index is 0.455. The van der Waals surface area contributed by atoms with Crippen LogP contribution in [0.3, 0.4) is 0 Å². The molecule has 1 nitrogen and oxygen atoms in total. The van der Waals surface area contributed by atoms with Gasteiger partial charge in [0.05, 0.1) is 0 Å². The molecular weight excluding hydrogens is 166 g/mol. The Kier molecular flexibility index (Phi) is 3.47. The molecule has 1 aliphatic heterocycles. The number of hydrogen-bond acceptors (Lipinski definition) is 2. The zero-order chi connectivity index (χ0) is 9.19. The van der Waals surface area contributed by atoms with E-state index in [1.54, 1.807) is 0 Å². The molecule has 0 N–H and O–H groups in total. The van der Waals surface area contributed by atoms with Gasteiger partial charge >= 0.3 is 0 Å². The Morgan fingerprint density at radius 2 is 2.08 bits per heavy atom. The molecule has 2 heteroatoms. The Hall–Kier alpha value is 0.310. The Balaban J connectivity index is 2.39. The second-order valence-electron chi connectivity index (χ2n) is 4.96. The molecule has 0 aromatic rings. The van der Waals surface area contributed by atoms with E-state index in [0.717, 1.165) is 6.04 Å². The first-order valence-electron chi connectivity index (χ1n) is 4.81. The van der Waals surface area contributed by atoms with Crippen molar-refractivity contribution in [2.75, 3.05) is 24.6 Å². The van der Waals surface area contributed by atoms with Gasteiger partial charge in [0.2, 0.25) is 0 Å². The summed E-state index contributed by atoms with van der Waals surface area (Å²) in [4.78, 5) is 2.62. The van der Waals surface area contributed by atoms with Crippen molar-refractivity contribution >= 4 is 11.8 Å². The van der Waals surface area contributed by atoms with E-state index < -0.39 is 0 Å². The van der Waals surface area contributed by atoms with E-state index in [-0.39, 0.29) is 0 Å². The zero-order valence-electron chi connectivity index (χ0n) is 8.76. The van der Waals surface area contributed by atoms with Crippen molar-refractivity contribution < 1.29 is 0 Å². The minimum Gasteiger partial charge on any atom is -0.299 e. The minimum absolute atomic E-state index is 0.455. The van der Waals surface area contributed by atoms with E-state index >= 15 is 0 Å². The van der Waals surface area contributed by atoms with Crippen molar-refractivity contribution in [1.82, 2.24) is 4.90 Å². The third kappa shape index (κ3) is 3.36. The van der Waals surface area contributed by atoms with E-state index in [1.807, 2.05) is 0 Å². The highest BCUT2D eigenvalue weighted by Crippen LogP contribution is 2.21. The van der Waals surface area contributed by atoms with Crippen LogP contribution < -0.4 is 0 Å². The highest BCUT2D eigenvalue weighted by Gasteiger charge is 2.23. The maximum Gasteiger partial charge on any atom is 0.0158 e. The standard InChI is InChI=1S/C10H21NS/c1-9-7-12-6-5-11(9)8-10(2,3)4/h9H,5-8H2,1-4H3. The first-order valence-corrected chi connectivity index (χ1v) is 5.96. The van der Waals surface area contributed by atoms with Crippen LogP contribution in [0.15, 0.2) is 0 Å². The predicted octanol–water partition coefficient (Wildman–Crippen LogP) is 2.47. The average Bonchev–Trinajstić information content (AvgIpc) is 1.91. The molecule has 0 aromatic heterocycles. The molecule has 1 aliphatic rings. The monoisotopic (exact) mass is 187 g/mol. The lowest BCUT2D eigenvalue weighted by molar-refractivity contribution is 0.162. The van der Waals surface area contributed by atoms with Crippen LogP contribution >= 0.6 is 11.8 Å². The van der Waals surface area contributed by atoms with Gasteiger partial charge < -0.3 is 0 Å². The Morgan fingerprint density at radius 1 is 1.42 bits per heavy atom. The Bertz CT molecular complexity index is 139. The van der Waals surface area contributed by atoms with Crippen molar-refractivity contribution in [2.45, 2.75) is 33.7 Å². The molecule has 0 saturated carbocycles. The Labute approximate surface area is 80.9 Å². The summed E-state index contributed by atoms with van der Waals surface area (Å²) in [7, 11) is 0. The van der Waals surface area contributed by atoms with Crippen molar-refractivity contribution in [3.8, 4) is 0 Å². The van der Waals surface area contributed by atoms with Crippen LogP contribution in [0.1, 0.15) is 27.7 Å². The van der Waals surface area contributed by atoms with Gasteiger partial charge in [0, 0.05) is 30.6 Å². The van der Waals surface area contributed by atoms with Crippen LogP contribution in [-0.4, -0.2) is 35.5 Å². The van der Waals surface area contributed by atoms with E-state index in [0.29, 0.717) is 5.41 Å². The molecule has 1 fully saturated rings. The third-order valence-corrected chi connectivity index (χ3v) is 3.37. The fourth-order valence-corrected chi connectivity index (χ4v) is 2.69. The summed E-state index contributed by atoms with van der Waals surface area (Å²) in [5.41, 5.74) is 0.455. The van der Waals surface area contributed by atoms with E-state index in [2.05, 4.69) is 44.4 Å². The van der Waals surface area contributed by atoms with E-state index in [4.69, 9.17) is 0 Å². The molecule has 1 heterocycles. The fourth-order valence-electron chi connectivity index (χ4n) is 1.61. The van der Waals surface area contributed by atoms with Crippen molar-refractivity contribution in [2.24, 2.45) is 5.41 Å². The summed E-state index contributed by atoms with van der Waals surface area (Å²) in [6, 6.07) is 0.781. The summed E-state index contributed by atoms with van der Waals surface area (Å²) < 4.78 is 0. The summed E-state index contributed by atoms with van der Waals surface area (Å²) in [6.45, 7) is 11.8. The second kappa shape index (κ2) is 4.01. The van der Waals surface area contributed by atoms with Gasteiger partial charge in [-0.3, -0.25) is 4.90 Å². The molecule has 1 atom stereocenters. The first-order chi connectivity index (χ1) is 5.49. The van der Waals surface area contributed by atoms with Gasteiger partial charge in [-0.05, 0) is 12.3 Å². The van der Waals surface area contributed by atoms with Crippen molar-refractivity contribution in [1.29, 1.82) is 0 Å². The molecule has 0 bridgehead atoms. The lowest BCUT2D eigenvalue weighted by Gasteiger charge is -2.37. The van der Waals surface area contributed by atoms with Crippen LogP contribution in [0.4, 0.5) is 0 Å². The van der Waals surface area contributed by atoms with E-state index in [1.165, 1.54) is 24.6 Å². The number of thioether (sulfide) groups is 1. The van der Waals surface area contributed by atoms with Gasteiger partial charge in [-0.2, -0.15) is 11.8 Å². The molecule has 1 saturated heterocycles. The molecule has 12 heavy (non-hydrogen) atoms. The first kappa shape index (κ1) is 10.4. The van der Waals surface area contributed by atoms with E-state index in [9.17, 15) is 0 Å². The van der Waals surface area contributed by atoms with Gasteiger partial charge in [-0.25, -0.2) is 0 Å². The van der Waals surface area contributed by atoms with Crippen molar-refractivity contribution in [3.05, 3.63) is 0 Å². The molecule has 72 valence electrons. The number of hydrogen-bond donors (Lipinski definition) is 0. The van der Waals surface area contributed by atoms with Crippen LogP contribution in [0.25, 0.3) is 0 Å². The smallest absolute Gasteiger partial charge is 0.0158 e. The van der Waals surface area contributed by atoms with Crippen LogP contribution in [-0.2, 0) is 0 Å². The number of rotatable bonds is 1. The number of nitrogens with zero attached hydrogens (tertiary/aromatic N) is 1. The average molecular weight is 187 g/mol. The predicted molar refractivity (Wildman–Crippen MR) is 57.8 cm³/mol. The molecular formula is C10H21NS. The van der Waals surface area contributed by atoms with Crippen LogP contribution in [0, 0.1) is 5.41 Å². The molecule has 0 amide bonds. The quantitative estimate of drug-likeness (QED) is 0.620. The largest absolute Gasteiger partial charge is 0.299 e. The third-order valence-electron chi connectivity index (χ3n) is 2.18. The second-order valence-corrected chi connectivity index (χ2v) is 6.10. The lowest BCUT2D eigenvalue weighted by atomic mass is 9.95. The van der Waals surface area contributed by atoms with Crippen LogP contribution in [0.2, 0.25) is 0 Å². The molecule has 0 radical (unpaired) electrons. The summed E-state index contributed by atoms with van der Waals surface area (Å²) in [6.07, 6.45) is 0. The highest BCUT2D eigenvalue weighted by molar-refractivity contribution is 7.99. The Morgan fingerprint density at radius 3 is 2.58 bits per heavy atom. The van der Waals surface area contributed by atoms with Crippen molar-refractivity contribution in [3.63, 3.8) is 0 Å². The molecule has 1 rings (SSSR count). The fraction of sp³-hybridized carbons (Fsp3) is 1.00. The SMILES string of the molecule is CC1CSCCN1CC(C)(C)C. The van der Waals surface area contributed by atoms with Gasteiger partial charge in [-0.1, -0.05) is 20.8 Å². The lowest BCUT2D eigenvalue weighted by Crippen LogP contribution is -2.44. The summed E-state index contributed by atoms with van der Waals surface area (Å²) in [5.74, 6) is 2.64. The molecule has 1 unspecified atom stereocenters. The maximum atomic E-state index is 2.62. The van der Waals surface area contributed by atoms with Gasteiger partial charge in [0.1, 0.15) is 0 Å². The highest BCUT2D eigenvalue weighted by atomic mass is 32.2. The zero-order valence-corrected chi connectivity index (χ0v) is 9.58. The molecule has 0 aliphatic carbocycles. The molecule has 0 aromatic carbocycles. The summed E-state index contributed by atoms with van der Waals surface area (Å²) in [5, 5.41) is 0. The summed E-state index contributed by atoms with van der Waals surface area (Å²) >= 11 is 2.09. The topological polar surface area (TPSA) is 3.24 Å². The molecule has 0 spiro atoms. The van der Waals surface area contributed by atoms with Gasteiger partial charge in [-0.15, -0.1) is 0 Å².